The summed E-state index contributed by atoms with van der Waals surface area (Å²) in [6.07, 6.45) is 1.42. The van der Waals surface area contributed by atoms with E-state index in [1.165, 1.54) is 18.3 Å². The quantitative estimate of drug-likeness (QED) is 0.369. The fourth-order valence-corrected chi connectivity index (χ4v) is 2.41. The molecule has 2 aromatic rings. The Hall–Kier alpha value is -2.74. The molecule has 3 N–H and O–H groups in total. The molecule has 6 nitrogen and oxygen atoms in total. The van der Waals surface area contributed by atoms with Gasteiger partial charge in [-0.2, -0.15) is 5.10 Å². The third-order valence-corrected chi connectivity index (χ3v) is 3.88. The van der Waals surface area contributed by atoms with Gasteiger partial charge in [0, 0.05) is 28.0 Å². The Morgan fingerprint density at radius 1 is 1.15 bits per heavy atom. The zero-order chi connectivity index (χ0) is 19.8. The van der Waals surface area contributed by atoms with Crippen molar-refractivity contribution in [2.45, 2.75) is 13.8 Å². The summed E-state index contributed by atoms with van der Waals surface area (Å²) >= 11 is 3.38. The zero-order valence-electron chi connectivity index (χ0n) is 14.9. The van der Waals surface area contributed by atoms with Gasteiger partial charge < -0.3 is 10.6 Å². The van der Waals surface area contributed by atoms with Gasteiger partial charge in [0.1, 0.15) is 5.82 Å². The summed E-state index contributed by atoms with van der Waals surface area (Å²) in [5.41, 5.74) is 4.26. The van der Waals surface area contributed by atoms with Crippen molar-refractivity contribution in [3.63, 3.8) is 0 Å². The van der Waals surface area contributed by atoms with E-state index in [9.17, 15) is 14.0 Å². The molecule has 2 rings (SSSR count). The van der Waals surface area contributed by atoms with Gasteiger partial charge in [-0.3, -0.25) is 9.59 Å². The molecule has 0 fully saturated rings. The van der Waals surface area contributed by atoms with Gasteiger partial charge in [-0.05, 0) is 48.4 Å². The molecule has 142 valence electrons. The highest BCUT2D eigenvalue weighted by atomic mass is 79.9. The molecule has 0 saturated carbocycles. The zero-order valence-corrected chi connectivity index (χ0v) is 16.5. The number of carbonyl (C=O) groups is 2. The fourth-order valence-electron chi connectivity index (χ4n) is 2.03. The second-order valence-corrected chi connectivity index (χ2v) is 7.08. The van der Waals surface area contributed by atoms with Crippen molar-refractivity contribution in [1.82, 2.24) is 10.7 Å². The molecule has 0 unspecified atom stereocenters. The number of halogens is 2. The number of anilines is 2. The smallest absolute Gasteiger partial charge is 0.329 e. The van der Waals surface area contributed by atoms with E-state index < -0.39 is 11.8 Å². The Kier molecular flexibility index (Phi) is 7.48. The van der Waals surface area contributed by atoms with Gasteiger partial charge >= 0.3 is 11.8 Å². The minimum atomic E-state index is -0.838. The van der Waals surface area contributed by atoms with Crippen LogP contribution in [-0.2, 0) is 9.59 Å². The summed E-state index contributed by atoms with van der Waals surface area (Å²) in [5.74, 6) is -1.65. The average molecular weight is 435 g/mol. The highest BCUT2D eigenvalue weighted by molar-refractivity contribution is 9.10. The summed E-state index contributed by atoms with van der Waals surface area (Å²) in [4.78, 5) is 23.4. The van der Waals surface area contributed by atoms with E-state index in [1.807, 2.05) is 26.0 Å². The maximum atomic E-state index is 13.0. The van der Waals surface area contributed by atoms with Crippen LogP contribution in [0.3, 0.4) is 0 Å². The van der Waals surface area contributed by atoms with Gasteiger partial charge in [0.25, 0.3) is 0 Å². The van der Waals surface area contributed by atoms with Gasteiger partial charge in [0.15, 0.2) is 0 Å². The van der Waals surface area contributed by atoms with E-state index in [0.29, 0.717) is 23.5 Å². The Bertz CT molecular complexity index is 838. The summed E-state index contributed by atoms with van der Waals surface area (Å²) in [6.45, 7) is 4.27. The van der Waals surface area contributed by atoms with Gasteiger partial charge in [0.05, 0.1) is 6.21 Å². The fraction of sp³-hybridized carbons (Fsp3) is 0.211. The third kappa shape index (κ3) is 6.82. The molecule has 2 amide bonds. The monoisotopic (exact) mass is 434 g/mol. The van der Waals surface area contributed by atoms with E-state index in [-0.39, 0.29) is 11.7 Å². The number of nitrogens with one attached hydrogen (secondary N) is 3. The van der Waals surface area contributed by atoms with E-state index in [1.54, 1.807) is 18.2 Å². The molecular formula is C19H20BrFN4O2. The molecule has 0 bridgehead atoms. The molecule has 0 aliphatic heterocycles. The van der Waals surface area contributed by atoms with Crippen molar-refractivity contribution in [3.8, 4) is 0 Å². The topological polar surface area (TPSA) is 82.6 Å². The predicted molar refractivity (Wildman–Crippen MR) is 107 cm³/mol. The Morgan fingerprint density at radius 3 is 2.52 bits per heavy atom. The molecular weight excluding hydrogens is 415 g/mol. The number of hydrogen-bond donors (Lipinski definition) is 3. The second kappa shape index (κ2) is 9.82. The maximum absolute atomic E-state index is 13.0. The molecule has 0 spiro atoms. The molecule has 2 aromatic carbocycles. The van der Waals surface area contributed by atoms with Crippen LogP contribution in [0.2, 0.25) is 0 Å². The number of rotatable bonds is 6. The number of amides is 2. The molecule has 0 aliphatic rings. The number of hydrazone groups is 1. The molecule has 0 atom stereocenters. The Labute approximate surface area is 165 Å². The van der Waals surface area contributed by atoms with Crippen molar-refractivity contribution in [1.29, 1.82) is 0 Å². The first kappa shape index (κ1) is 20.6. The van der Waals surface area contributed by atoms with Crippen molar-refractivity contribution >= 4 is 45.3 Å². The van der Waals surface area contributed by atoms with Crippen LogP contribution in [0.1, 0.15) is 19.4 Å². The molecule has 0 saturated heterocycles. The SMILES string of the molecule is CC(C)CNC(=O)C(=O)N/N=C\c1cc(Br)ccc1Nc1ccc(F)cc1. The second-order valence-electron chi connectivity index (χ2n) is 6.17. The third-order valence-electron chi connectivity index (χ3n) is 3.38. The van der Waals surface area contributed by atoms with Crippen LogP contribution < -0.4 is 16.1 Å². The van der Waals surface area contributed by atoms with Gasteiger partial charge in [-0.25, -0.2) is 9.82 Å². The van der Waals surface area contributed by atoms with Crippen LogP contribution in [-0.4, -0.2) is 24.6 Å². The summed E-state index contributed by atoms with van der Waals surface area (Å²) in [7, 11) is 0. The highest BCUT2D eigenvalue weighted by Crippen LogP contribution is 2.23. The van der Waals surface area contributed by atoms with Crippen LogP contribution in [0.5, 0.6) is 0 Å². The lowest BCUT2D eigenvalue weighted by atomic mass is 10.2. The average Bonchev–Trinajstić information content (AvgIpc) is 2.63. The van der Waals surface area contributed by atoms with Gasteiger partial charge in [-0.1, -0.05) is 29.8 Å². The van der Waals surface area contributed by atoms with E-state index >= 15 is 0 Å². The van der Waals surface area contributed by atoms with Crippen molar-refractivity contribution < 1.29 is 14.0 Å². The number of carbonyl (C=O) groups excluding carboxylic acids is 2. The van der Waals surface area contributed by atoms with E-state index in [4.69, 9.17) is 0 Å². The van der Waals surface area contributed by atoms with Crippen LogP contribution in [0.4, 0.5) is 15.8 Å². The first-order chi connectivity index (χ1) is 12.8. The summed E-state index contributed by atoms with van der Waals surface area (Å²) in [6, 6.07) is 11.4. The van der Waals surface area contributed by atoms with Crippen LogP contribution in [0, 0.1) is 11.7 Å². The molecule has 0 aromatic heterocycles. The lowest BCUT2D eigenvalue weighted by Gasteiger charge is -2.10. The molecule has 0 aliphatic carbocycles. The largest absolute Gasteiger partial charge is 0.355 e. The minimum absolute atomic E-state index is 0.243. The number of hydrogen-bond acceptors (Lipinski definition) is 4. The van der Waals surface area contributed by atoms with E-state index in [0.717, 1.165) is 4.47 Å². The van der Waals surface area contributed by atoms with Gasteiger partial charge in [-0.15, -0.1) is 0 Å². The molecule has 8 heteroatoms. The lowest BCUT2D eigenvalue weighted by molar-refractivity contribution is -0.139. The summed E-state index contributed by atoms with van der Waals surface area (Å²) < 4.78 is 13.9. The first-order valence-corrected chi connectivity index (χ1v) is 9.08. The van der Waals surface area contributed by atoms with Gasteiger partial charge in [0.2, 0.25) is 0 Å². The Morgan fingerprint density at radius 2 is 1.85 bits per heavy atom. The normalized spacial score (nSPS) is 10.9. The van der Waals surface area contributed by atoms with Crippen molar-refractivity contribution in [2.24, 2.45) is 11.0 Å². The van der Waals surface area contributed by atoms with Crippen molar-refractivity contribution in [2.75, 3.05) is 11.9 Å². The first-order valence-electron chi connectivity index (χ1n) is 8.28. The predicted octanol–water partition coefficient (Wildman–Crippen LogP) is 3.55. The summed E-state index contributed by atoms with van der Waals surface area (Å²) in [5, 5.41) is 9.50. The van der Waals surface area contributed by atoms with Crippen LogP contribution in [0.25, 0.3) is 0 Å². The minimum Gasteiger partial charge on any atom is -0.355 e. The standard InChI is InChI=1S/C19H20BrFN4O2/c1-12(2)10-22-18(26)19(27)25-23-11-13-9-14(20)3-8-17(13)24-16-6-4-15(21)5-7-16/h3-9,11-12,24H,10H2,1-2H3,(H,22,26)(H,25,27)/b23-11-. The lowest BCUT2D eigenvalue weighted by Crippen LogP contribution is -2.39. The van der Waals surface area contributed by atoms with Crippen LogP contribution in [0.15, 0.2) is 52.0 Å². The molecule has 27 heavy (non-hydrogen) atoms. The highest BCUT2D eigenvalue weighted by Gasteiger charge is 2.12. The maximum Gasteiger partial charge on any atom is 0.329 e. The number of benzene rings is 2. The van der Waals surface area contributed by atoms with E-state index in [2.05, 4.69) is 37.1 Å². The Balaban J connectivity index is 2.05. The molecule has 0 radical (unpaired) electrons. The van der Waals surface area contributed by atoms with Crippen LogP contribution >= 0.6 is 15.9 Å². The van der Waals surface area contributed by atoms with Crippen molar-refractivity contribution in [3.05, 3.63) is 58.3 Å². The molecule has 0 heterocycles. The number of nitrogens with zero attached hydrogens (tertiary/aromatic N) is 1.